The molecule has 0 amide bonds. The number of hydrogen-bond donors (Lipinski definition) is 0. The first-order chi connectivity index (χ1) is 6.41. The van der Waals surface area contributed by atoms with Crippen molar-refractivity contribution >= 4 is 22.5 Å². The largest absolute Gasteiger partial charge is 0.444 e. The normalized spacial score (nSPS) is 13.1. The van der Waals surface area contributed by atoms with Gasteiger partial charge in [0.15, 0.2) is 0 Å². The fourth-order valence-corrected chi connectivity index (χ4v) is 0.803. The molecule has 0 N–H and O–H groups in total. The highest BCUT2D eigenvalue weighted by Crippen LogP contribution is 2.25. The Morgan fingerprint density at radius 1 is 1.21 bits per heavy atom. The molecule has 6 heteroatoms. The van der Waals surface area contributed by atoms with Crippen LogP contribution in [0.2, 0.25) is 0 Å². The third kappa shape index (κ3) is 2.70. The van der Waals surface area contributed by atoms with E-state index in [4.69, 9.17) is 11.6 Å². The monoisotopic (exact) mass is 225 g/mol. The topological polar surface area (TPSA) is 12.4 Å². The summed E-state index contributed by atoms with van der Waals surface area (Å²) >= 11 is 4.82. The van der Waals surface area contributed by atoms with Crippen LogP contribution in [0, 0.1) is 5.82 Å². The van der Waals surface area contributed by atoms with E-state index in [9.17, 15) is 17.6 Å². The van der Waals surface area contributed by atoms with Gasteiger partial charge >= 0.3 is 6.18 Å². The summed E-state index contributed by atoms with van der Waals surface area (Å²) in [6.45, 7) is 0. The van der Waals surface area contributed by atoms with Gasteiger partial charge in [-0.3, -0.25) is 0 Å². The molecule has 0 atom stereocenters. The maximum atomic E-state index is 12.8. The maximum absolute atomic E-state index is 12.8. The zero-order valence-corrected chi connectivity index (χ0v) is 7.40. The number of halogens is 5. The summed E-state index contributed by atoms with van der Waals surface area (Å²) in [6, 6.07) is 4.81. The highest BCUT2D eigenvalue weighted by Gasteiger charge is 2.34. The molecule has 0 aliphatic heterocycles. The van der Waals surface area contributed by atoms with Crippen LogP contribution in [-0.2, 0) is 0 Å². The molecular formula is C8H4ClF4N. The first kappa shape index (κ1) is 11.0. The van der Waals surface area contributed by atoms with Crippen LogP contribution in [-0.4, -0.2) is 11.3 Å². The molecule has 76 valence electrons. The number of benzene rings is 1. The van der Waals surface area contributed by atoms with Crippen molar-refractivity contribution in [1.82, 2.24) is 0 Å². The minimum absolute atomic E-state index is 0.435. The lowest BCUT2D eigenvalue weighted by atomic mass is 10.3. The predicted octanol–water partition coefficient (Wildman–Crippen LogP) is 3.66. The molecule has 0 aliphatic carbocycles. The van der Waals surface area contributed by atoms with Crippen molar-refractivity contribution in [3.63, 3.8) is 0 Å². The average Bonchev–Trinajstić information content (AvgIpc) is 2.07. The smallest absolute Gasteiger partial charge is 0.229 e. The van der Waals surface area contributed by atoms with E-state index in [-0.39, 0.29) is 0 Å². The summed E-state index contributed by atoms with van der Waals surface area (Å²) in [5.41, 5.74) is -0.435. The van der Waals surface area contributed by atoms with E-state index < -0.39 is 22.9 Å². The lowest BCUT2D eigenvalue weighted by molar-refractivity contribution is -0.0558. The predicted molar refractivity (Wildman–Crippen MR) is 45.4 cm³/mol. The Morgan fingerprint density at radius 2 is 1.79 bits per heavy atom. The van der Waals surface area contributed by atoms with Gasteiger partial charge in [-0.05, 0) is 12.1 Å². The lowest BCUT2D eigenvalue weighted by Gasteiger charge is -2.03. The van der Waals surface area contributed by atoms with E-state index >= 15 is 0 Å². The van der Waals surface area contributed by atoms with Crippen molar-refractivity contribution in [2.45, 2.75) is 6.18 Å². The Labute approximate surface area is 82.0 Å². The van der Waals surface area contributed by atoms with Crippen LogP contribution in [0.15, 0.2) is 29.3 Å². The number of hydrogen-bond acceptors (Lipinski definition) is 1. The van der Waals surface area contributed by atoms with Crippen molar-refractivity contribution < 1.29 is 17.6 Å². The molecule has 0 unspecified atom stereocenters. The molecule has 1 rings (SSSR count). The van der Waals surface area contributed by atoms with Crippen LogP contribution in [0.4, 0.5) is 23.2 Å². The van der Waals surface area contributed by atoms with E-state index in [0.29, 0.717) is 0 Å². The molecule has 0 spiro atoms. The second-order valence-electron chi connectivity index (χ2n) is 2.35. The SMILES string of the molecule is Fc1ccccc1/N=C(/Cl)C(F)(F)F. The Balaban J connectivity index is 3.04. The standard InChI is InChI=1S/C8H4ClF4N/c9-7(8(11,12)13)14-6-4-2-1-3-5(6)10/h1-4H/b14-7+. The molecule has 0 bridgehead atoms. The summed E-state index contributed by atoms with van der Waals surface area (Å²) in [5, 5.41) is -1.59. The molecule has 1 aromatic carbocycles. The summed E-state index contributed by atoms with van der Waals surface area (Å²) in [5.74, 6) is -0.852. The van der Waals surface area contributed by atoms with Crippen molar-refractivity contribution in [3.8, 4) is 0 Å². The number of aliphatic imine (C=N–C) groups is 1. The van der Waals surface area contributed by atoms with Crippen molar-refractivity contribution in [1.29, 1.82) is 0 Å². The Morgan fingerprint density at radius 3 is 2.29 bits per heavy atom. The zero-order valence-electron chi connectivity index (χ0n) is 6.65. The average molecular weight is 226 g/mol. The van der Waals surface area contributed by atoms with E-state index in [0.717, 1.165) is 12.1 Å². The second kappa shape index (κ2) is 3.96. The van der Waals surface area contributed by atoms with Crippen LogP contribution in [0.25, 0.3) is 0 Å². The van der Waals surface area contributed by atoms with Gasteiger partial charge in [-0.1, -0.05) is 23.7 Å². The number of rotatable bonds is 1. The van der Waals surface area contributed by atoms with Crippen LogP contribution in [0.3, 0.4) is 0 Å². The molecule has 0 aliphatic rings. The van der Waals surface area contributed by atoms with Gasteiger partial charge in [0, 0.05) is 0 Å². The van der Waals surface area contributed by atoms with Crippen LogP contribution >= 0.6 is 11.6 Å². The molecular weight excluding hydrogens is 222 g/mol. The first-order valence-electron chi connectivity index (χ1n) is 3.47. The lowest BCUT2D eigenvalue weighted by Crippen LogP contribution is -2.16. The van der Waals surface area contributed by atoms with E-state index in [1.54, 1.807) is 0 Å². The number of nitrogens with zero attached hydrogens (tertiary/aromatic N) is 1. The quantitative estimate of drug-likeness (QED) is 0.511. The summed E-state index contributed by atoms with van der Waals surface area (Å²) in [4.78, 5) is 2.91. The maximum Gasteiger partial charge on any atom is 0.444 e. The minimum Gasteiger partial charge on any atom is -0.229 e. The summed E-state index contributed by atoms with van der Waals surface area (Å²) < 4.78 is 48.4. The fourth-order valence-electron chi connectivity index (χ4n) is 0.712. The third-order valence-corrected chi connectivity index (χ3v) is 1.60. The molecule has 0 fully saturated rings. The molecule has 0 saturated heterocycles. The van der Waals surface area contributed by atoms with Gasteiger partial charge in [0.2, 0.25) is 5.17 Å². The van der Waals surface area contributed by atoms with Crippen molar-refractivity contribution in [2.24, 2.45) is 4.99 Å². The Kier molecular flexibility index (Phi) is 3.10. The highest BCUT2D eigenvalue weighted by atomic mass is 35.5. The van der Waals surface area contributed by atoms with Gasteiger partial charge in [0.05, 0.1) is 0 Å². The number of alkyl halides is 3. The molecule has 0 aromatic heterocycles. The minimum atomic E-state index is -4.75. The van der Waals surface area contributed by atoms with Gasteiger partial charge in [0.25, 0.3) is 0 Å². The first-order valence-corrected chi connectivity index (χ1v) is 3.85. The molecule has 1 nitrogen and oxygen atoms in total. The van der Waals surface area contributed by atoms with Gasteiger partial charge in [-0.25, -0.2) is 9.38 Å². The molecule has 0 heterocycles. The molecule has 14 heavy (non-hydrogen) atoms. The third-order valence-electron chi connectivity index (χ3n) is 1.30. The van der Waals surface area contributed by atoms with Gasteiger partial charge in [-0.15, -0.1) is 0 Å². The van der Waals surface area contributed by atoms with E-state index in [1.165, 1.54) is 12.1 Å². The van der Waals surface area contributed by atoms with Gasteiger partial charge in [-0.2, -0.15) is 13.2 Å². The van der Waals surface area contributed by atoms with E-state index in [2.05, 4.69) is 4.99 Å². The molecule has 1 aromatic rings. The molecule has 0 radical (unpaired) electrons. The van der Waals surface area contributed by atoms with Gasteiger partial charge < -0.3 is 0 Å². The summed E-state index contributed by atoms with van der Waals surface area (Å²) in [7, 11) is 0. The van der Waals surface area contributed by atoms with Crippen LogP contribution in [0.5, 0.6) is 0 Å². The van der Waals surface area contributed by atoms with Gasteiger partial charge in [0.1, 0.15) is 11.5 Å². The van der Waals surface area contributed by atoms with E-state index in [1.807, 2.05) is 0 Å². The van der Waals surface area contributed by atoms with Crippen molar-refractivity contribution in [2.75, 3.05) is 0 Å². The second-order valence-corrected chi connectivity index (χ2v) is 2.71. The zero-order chi connectivity index (χ0) is 10.8. The highest BCUT2D eigenvalue weighted by molar-refractivity contribution is 6.67. The molecule has 0 saturated carbocycles. The summed E-state index contributed by atoms with van der Waals surface area (Å²) in [6.07, 6.45) is -4.75. The van der Waals surface area contributed by atoms with Crippen LogP contribution < -0.4 is 0 Å². The van der Waals surface area contributed by atoms with Crippen LogP contribution in [0.1, 0.15) is 0 Å². The Hall–Kier alpha value is -1.10. The van der Waals surface area contributed by atoms with Crippen molar-refractivity contribution in [3.05, 3.63) is 30.1 Å². The Bertz CT molecular complexity index is 359. The number of para-hydroxylation sites is 1. The fraction of sp³-hybridized carbons (Fsp3) is 0.125.